The van der Waals surface area contributed by atoms with E-state index in [0.717, 1.165) is 6.42 Å². The fourth-order valence-corrected chi connectivity index (χ4v) is 2.58. The van der Waals surface area contributed by atoms with Crippen molar-refractivity contribution in [3.05, 3.63) is 21.9 Å². The van der Waals surface area contributed by atoms with Crippen molar-refractivity contribution in [2.75, 3.05) is 7.05 Å². The average molecular weight is 254 g/mol. The summed E-state index contributed by atoms with van der Waals surface area (Å²) in [6.07, 6.45) is 1.28. The number of carbonyl (C=O) groups excluding carboxylic acids is 1. The highest BCUT2D eigenvalue weighted by Gasteiger charge is 2.18. The van der Waals surface area contributed by atoms with Crippen LogP contribution in [0.3, 0.4) is 0 Å². The molecule has 1 rings (SSSR count). The van der Waals surface area contributed by atoms with Gasteiger partial charge in [0.25, 0.3) is 0 Å². The third-order valence-electron chi connectivity index (χ3n) is 2.96. The number of nitrogens with two attached hydrogens (primary N) is 1. The van der Waals surface area contributed by atoms with Crippen LogP contribution in [0.1, 0.15) is 42.5 Å². The molecule has 4 heteroatoms. The second kappa shape index (κ2) is 6.17. The highest BCUT2D eigenvalue weighted by molar-refractivity contribution is 7.12. The molecule has 0 aliphatic carbocycles. The molecule has 0 saturated heterocycles. The van der Waals surface area contributed by atoms with Gasteiger partial charge in [0.1, 0.15) is 0 Å². The van der Waals surface area contributed by atoms with E-state index in [4.69, 9.17) is 5.73 Å². The van der Waals surface area contributed by atoms with E-state index in [0.29, 0.717) is 6.42 Å². The fourth-order valence-electron chi connectivity index (χ4n) is 1.61. The van der Waals surface area contributed by atoms with Gasteiger partial charge in [0.05, 0.1) is 6.04 Å². The third kappa shape index (κ3) is 4.13. The van der Waals surface area contributed by atoms with Gasteiger partial charge in [-0.3, -0.25) is 4.79 Å². The summed E-state index contributed by atoms with van der Waals surface area (Å²) >= 11 is 1.75. The van der Waals surface area contributed by atoms with Crippen molar-refractivity contribution in [2.45, 2.75) is 45.7 Å². The monoisotopic (exact) mass is 254 g/mol. The Bertz CT molecular complexity index is 373. The van der Waals surface area contributed by atoms with E-state index in [9.17, 15) is 4.79 Å². The standard InChI is InChI=1S/C13H22N2OS/c1-9(14)5-8-13(16)15(4)11(3)12-7-6-10(2)17-12/h6-7,9,11H,5,8,14H2,1-4H3. The van der Waals surface area contributed by atoms with Gasteiger partial charge in [0.2, 0.25) is 5.91 Å². The minimum atomic E-state index is 0.0895. The summed E-state index contributed by atoms with van der Waals surface area (Å²) in [5.41, 5.74) is 5.66. The molecule has 0 fully saturated rings. The molecular formula is C13H22N2OS. The molecule has 0 aromatic carbocycles. The van der Waals surface area contributed by atoms with Crippen LogP contribution in [0.15, 0.2) is 12.1 Å². The van der Waals surface area contributed by atoms with E-state index in [1.807, 2.05) is 18.9 Å². The van der Waals surface area contributed by atoms with Crippen LogP contribution in [0, 0.1) is 6.92 Å². The van der Waals surface area contributed by atoms with Crippen molar-refractivity contribution >= 4 is 17.2 Å². The largest absolute Gasteiger partial charge is 0.338 e. The molecule has 0 saturated carbocycles. The van der Waals surface area contributed by atoms with Crippen LogP contribution in [0.5, 0.6) is 0 Å². The van der Waals surface area contributed by atoms with E-state index in [1.165, 1.54) is 9.75 Å². The van der Waals surface area contributed by atoms with Crippen molar-refractivity contribution in [3.63, 3.8) is 0 Å². The maximum Gasteiger partial charge on any atom is 0.222 e. The predicted octanol–water partition coefficient (Wildman–Crippen LogP) is 2.70. The Morgan fingerprint density at radius 2 is 2.12 bits per heavy atom. The number of aryl methyl sites for hydroxylation is 1. The number of rotatable bonds is 5. The molecule has 0 aliphatic heterocycles. The zero-order valence-electron chi connectivity index (χ0n) is 11.1. The summed E-state index contributed by atoms with van der Waals surface area (Å²) in [7, 11) is 1.86. The van der Waals surface area contributed by atoms with Crippen LogP contribution in [0.2, 0.25) is 0 Å². The summed E-state index contributed by atoms with van der Waals surface area (Å²) in [6.45, 7) is 6.08. The molecule has 1 aromatic heterocycles. The maximum absolute atomic E-state index is 11.9. The molecule has 0 spiro atoms. The first-order valence-corrected chi connectivity index (χ1v) is 6.81. The lowest BCUT2D eigenvalue weighted by Gasteiger charge is -2.24. The van der Waals surface area contributed by atoms with E-state index in [1.54, 1.807) is 11.3 Å². The van der Waals surface area contributed by atoms with Crippen molar-refractivity contribution in [1.82, 2.24) is 4.90 Å². The second-order valence-electron chi connectivity index (χ2n) is 4.64. The molecule has 2 unspecified atom stereocenters. The molecule has 1 heterocycles. The summed E-state index contributed by atoms with van der Waals surface area (Å²) in [4.78, 5) is 16.3. The van der Waals surface area contributed by atoms with Crippen LogP contribution >= 0.6 is 11.3 Å². The van der Waals surface area contributed by atoms with Crippen LogP contribution in [-0.4, -0.2) is 23.9 Å². The topological polar surface area (TPSA) is 46.3 Å². The van der Waals surface area contributed by atoms with Crippen LogP contribution < -0.4 is 5.73 Å². The molecule has 17 heavy (non-hydrogen) atoms. The van der Waals surface area contributed by atoms with Gasteiger partial charge in [-0.05, 0) is 39.3 Å². The first-order valence-electron chi connectivity index (χ1n) is 5.99. The first kappa shape index (κ1) is 14.2. The van der Waals surface area contributed by atoms with Gasteiger partial charge in [-0.1, -0.05) is 0 Å². The van der Waals surface area contributed by atoms with E-state index < -0.39 is 0 Å². The minimum absolute atomic E-state index is 0.0895. The number of amides is 1. The zero-order valence-corrected chi connectivity index (χ0v) is 11.9. The Balaban J connectivity index is 2.57. The van der Waals surface area contributed by atoms with Gasteiger partial charge in [0.15, 0.2) is 0 Å². The number of hydrogen-bond donors (Lipinski definition) is 1. The highest BCUT2D eigenvalue weighted by atomic mass is 32.1. The zero-order chi connectivity index (χ0) is 13.0. The summed E-state index contributed by atoms with van der Waals surface area (Å²) in [5, 5.41) is 0. The van der Waals surface area contributed by atoms with Gasteiger partial charge in [-0.2, -0.15) is 0 Å². The Morgan fingerprint density at radius 3 is 2.59 bits per heavy atom. The van der Waals surface area contributed by atoms with Crippen molar-refractivity contribution in [3.8, 4) is 0 Å². The van der Waals surface area contributed by atoms with E-state index in [2.05, 4.69) is 26.0 Å². The fraction of sp³-hybridized carbons (Fsp3) is 0.615. The lowest BCUT2D eigenvalue weighted by atomic mass is 10.1. The lowest BCUT2D eigenvalue weighted by Crippen LogP contribution is -2.30. The van der Waals surface area contributed by atoms with Gasteiger partial charge >= 0.3 is 0 Å². The van der Waals surface area contributed by atoms with Crippen molar-refractivity contribution in [2.24, 2.45) is 5.73 Å². The molecule has 2 atom stereocenters. The Morgan fingerprint density at radius 1 is 1.47 bits per heavy atom. The molecule has 3 nitrogen and oxygen atoms in total. The highest BCUT2D eigenvalue weighted by Crippen LogP contribution is 2.26. The Kier molecular flexibility index (Phi) is 5.15. The Hall–Kier alpha value is -0.870. The van der Waals surface area contributed by atoms with Gasteiger partial charge < -0.3 is 10.6 Å². The van der Waals surface area contributed by atoms with E-state index in [-0.39, 0.29) is 18.0 Å². The van der Waals surface area contributed by atoms with Crippen LogP contribution in [0.25, 0.3) is 0 Å². The van der Waals surface area contributed by atoms with Gasteiger partial charge in [-0.25, -0.2) is 0 Å². The van der Waals surface area contributed by atoms with E-state index >= 15 is 0 Å². The minimum Gasteiger partial charge on any atom is -0.338 e. The van der Waals surface area contributed by atoms with Gasteiger partial charge in [0, 0.05) is 29.3 Å². The molecule has 0 aliphatic rings. The average Bonchev–Trinajstić information content (AvgIpc) is 2.70. The smallest absolute Gasteiger partial charge is 0.222 e. The number of nitrogens with zero attached hydrogens (tertiary/aromatic N) is 1. The quantitative estimate of drug-likeness (QED) is 0.878. The van der Waals surface area contributed by atoms with Crippen molar-refractivity contribution in [1.29, 1.82) is 0 Å². The Labute approximate surface area is 108 Å². The SMILES string of the molecule is Cc1ccc(C(C)N(C)C(=O)CCC(C)N)s1. The number of carbonyl (C=O) groups is 1. The molecule has 1 aromatic rings. The second-order valence-corrected chi connectivity index (χ2v) is 5.96. The predicted molar refractivity (Wildman–Crippen MR) is 73.1 cm³/mol. The normalized spacial score (nSPS) is 14.4. The third-order valence-corrected chi connectivity index (χ3v) is 4.13. The molecule has 2 N–H and O–H groups in total. The molecule has 0 bridgehead atoms. The number of hydrogen-bond acceptors (Lipinski definition) is 3. The summed E-state index contributed by atoms with van der Waals surface area (Å²) < 4.78 is 0. The van der Waals surface area contributed by atoms with Crippen LogP contribution in [0.4, 0.5) is 0 Å². The molecule has 96 valence electrons. The number of thiophene rings is 1. The van der Waals surface area contributed by atoms with Gasteiger partial charge in [-0.15, -0.1) is 11.3 Å². The first-order chi connectivity index (χ1) is 7.91. The molecule has 0 radical (unpaired) electrons. The van der Waals surface area contributed by atoms with Crippen molar-refractivity contribution < 1.29 is 4.79 Å². The van der Waals surface area contributed by atoms with Crippen LogP contribution in [-0.2, 0) is 4.79 Å². The summed E-state index contributed by atoms with van der Waals surface area (Å²) in [5.74, 6) is 0.167. The summed E-state index contributed by atoms with van der Waals surface area (Å²) in [6, 6.07) is 4.43. The maximum atomic E-state index is 11.9. The molecular weight excluding hydrogens is 232 g/mol. The lowest BCUT2D eigenvalue weighted by molar-refractivity contribution is -0.131. The molecule has 1 amide bonds.